The third-order valence-electron chi connectivity index (χ3n) is 1.46. The van der Waals surface area contributed by atoms with Crippen LogP contribution >= 0.6 is 11.6 Å². The minimum atomic E-state index is 0.210. The lowest BCUT2D eigenvalue weighted by atomic mass is 10.3. The number of rotatable bonds is 3. The van der Waals surface area contributed by atoms with Crippen molar-refractivity contribution in [3.05, 3.63) is 29.3 Å². The van der Waals surface area contributed by atoms with E-state index in [4.69, 9.17) is 22.0 Å². The molecule has 0 saturated heterocycles. The van der Waals surface area contributed by atoms with E-state index in [-0.39, 0.29) is 5.71 Å². The zero-order valence-electron chi connectivity index (χ0n) is 7.58. The van der Waals surface area contributed by atoms with Crippen LogP contribution in [0.25, 0.3) is 0 Å². The van der Waals surface area contributed by atoms with Gasteiger partial charge in [-0.3, -0.25) is 0 Å². The molecular weight excluding hydrogens is 218 g/mol. The Morgan fingerprint density at radius 2 is 1.60 bits per heavy atom. The minimum absolute atomic E-state index is 0.210. The quantitative estimate of drug-likeness (QED) is 0.471. The van der Waals surface area contributed by atoms with Crippen molar-refractivity contribution in [2.24, 2.45) is 15.3 Å². The normalized spacial score (nSPS) is 12.7. The number of hydrogen-bond acceptors (Lipinski definition) is 5. The maximum absolute atomic E-state index is 8.31. The highest BCUT2D eigenvalue weighted by Gasteiger charge is 1.94. The first-order valence-corrected chi connectivity index (χ1v) is 4.33. The average Bonchev–Trinajstić information content (AvgIpc) is 2.22. The van der Waals surface area contributed by atoms with Gasteiger partial charge in [0.1, 0.15) is 5.71 Å². The Hall–Kier alpha value is -1.88. The molecule has 0 fully saturated rings. The van der Waals surface area contributed by atoms with Crippen LogP contribution in [-0.2, 0) is 0 Å². The molecule has 0 saturated carbocycles. The van der Waals surface area contributed by atoms with Crippen molar-refractivity contribution in [3.8, 4) is 0 Å². The van der Waals surface area contributed by atoms with Gasteiger partial charge in [-0.05, 0) is 24.3 Å². The lowest BCUT2D eigenvalue weighted by Crippen LogP contribution is -2.00. The van der Waals surface area contributed by atoms with Gasteiger partial charge in [-0.15, -0.1) is 0 Å². The van der Waals surface area contributed by atoms with E-state index in [1.54, 1.807) is 24.3 Å². The molecule has 0 atom stereocenters. The van der Waals surface area contributed by atoms with Gasteiger partial charge in [-0.2, -0.15) is 0 Å². The van der Waals surface area contributed by atoms with Crippen LogP contribution in [0.3, 0.4) is 0 Å². The number of halogens is 1. The average molecular weight is 226 g/mol. The van der Waals surface area contributed by atoms with Crippen LogP contribution in [0.15, 0.2) is 39.6 Å². The minimum Gasteiger partial charge on any atom is -0.411 e. The summed E-state index contributed by atoms with van der Waals surface area (Å²) in [5, 5.41) is 22.8. The first kappa shape index (κ1) is 11.2. The summed E-state index contributed by atoms with van der Waals surface area (Å²) in [5.74, 6) is 0. The van der Waals surface area contributed by atoms with E-state index in [0.717, 1.165) is 12.4 Å². The molecular formula is C9H8ClN3O2. The van der Waals surface area contributed by atoms with E-state index >= 15 is 0 Å². The molecule has 1 aromatic carbocycles. The van der Waals surface area contributed by atoms with E-state index in [1.807, 2.05) is 0 Å². The molecule has 0 amide bonds. The van der Waals surface area contributed by atoms with Crippen LogP contribution < -0.4 is 0 Å². The van der Waals surface area contributed by atoms with E-state index < -0.39 is 0 Å². The Morgan fingerprint density at radius 1 is 1.07 bits per heavy atom. The standard InChI is InChI=1S/C9H8ClN3O2/c10-7-1-3-8(4-2-7)13-9(5-11-14)6-12-15/h1-6,14-15H/b11-5+,12-6?,13-9?. The SMILES string of the molecule is ON=CC(/C=N/O)=Nc1ccc(Cl)cc1. The highest BCUT2D eigenvalue weighted by Crippen LogP contribution is 2.15. The second-order valence-corrected chi connectivity index (χ2v) is 2.94. The van der Waals surface area contributed by atoms with E-state index in [2.05, 4.69) is 15.3 Å². The van der Waals surface area contributed by atoms with Crippen LogP contribution in [0.2, 0.25) is 5.02 Å². The fourth-order valence-corrected chi connectivity index (χ4v) is 1.00. The maximum Gasteiger partial charge on any atom is 0.107 e. The van der Waals surface area contributed by atoms with Crippen LogP contribution in [0.5, 0.6) is 0 Å². The largest absolute Gasteiger partial charge is 0.411 e. The first-order chi connectivity index (χ1) is 7.26. The van der Waals surface area contributed by atoms with E-state index in [9.17, 15) is 0 Å². The monoisotopic (exact) mass is 225 g/mol. The predicted octanol–water partition coefficient (Wildman–Crippen LogP) is 2.33. The smallest absolute Gasteiger partial charge is 0.107 e. The second-order valence-electron chi connectivity index (χ2n) is 2.50. The van der Waals surface area contributed by atoms with Gasteiger partial charge in [0.15, 0.2) is 0 Å². The Balaban J connectivity index is 2.96. The summed E-state index contributed by atoms with van der Waals surface area (Å²) in [5.41, 5.74) is 0.816. The van der Waals surface area contributed by atoms with Gasteiger partial charge < -0.3 is 10.4 Å². The Kier molecular flexibility index (Phi) is 4.30. The molecule has 1 rings (SSSR count). The number of hydrogen-bond donors (Lipinski definition) is 2. The molecule has 0 heterocycles. The lowest BCUT2D eigenvalue weighted by Gasteiger charge is -1.94. The number of aliphatic imine (C=N–C) groups is 1. The molecule has 0 spiro atoms. The van der Waals surface area contributed by atoms with Crippen molar-refractivity contribution >= 4 is 35.4 Å². The predicted molar refractivity (Wildman–Crippen MR) is 59.1 cm³/mol. The highest BCUT2D eigenvalue weighted by molar-refractivity contribution is 6.56. The molecule has 0 aromatic heterocycles. The zero-order chi connectivity index (χ0) is 11.1. The van der Waals surface area contributed by atoms with Crippen LogP contribution in [0, 0.1) is 0 Å². The van der Waals surface area contributed by atoms with Crippen molar-refractivity contribution in [3.63, 3.8) is 0 Å². The summed E-state index contributed by atoms with van der Waals surface area (Å²) >= 11 is 5.69. The van der Waals surface area contributed by atoms with Crippen LogP contribution in [0.1, 0.15) is 0 Å². The highest BCUT2D eigenvalue weighted by atomic mass is 35.5. The van der Waals surface area contributed by atoms with Crippen molar-refractivity contribution < 1.29 is 10.4 Å². The molecule has 0 aliphatic rings. The van der Waals surface area contributed by atoms with Crippen molar-refractivity contribution in [1.29, 1.82) is 0 Å². The maximum atomic E-state index is 8.31. The molecule has 0 aliphatic carbocycles. The van der Waals surface area contributed by atoms with Crippen LogP contribution in [-0.4, -0.2) is 28.6 Å². The number of oxime groups is 2. The third-order valence-corrected chi connectivity index (χ3v) is 1.72. The van der Waals surface area contributed by atoms with Crippen molar-refractivity contribution in [1.82, 2.24) is 0 Å². The van der Waals surface area contributed by atoms with Gasteiger partial charge in [0, 0.05) is 5.02 Å². The molecule has 0 unspecified atom stereocenters. The summed E-state index contributed by atoms with van der Waals surface area (Å²) in [6.45, 7) is 0. The summed E-state index contributed by atoms with van der Waals surface area (Å²) in [6.07, 6.45) is 2.10. The first-order valence-electron chi connectivity index (χ1n) is 3.95. The van der Waals surface area contributed by atoms with Gasteiger partial charge in [0.25, 0.3) is 0 Å². The molecule has 0 bridgehead atoms. The molecule has 6 heteroatoms. The van der Waals surface area contributed by atoms with Gasteiger partial charge in [0.05, 0.1) is 18.1 Å². The summed E-state index contributed by atoms with van der Waals surface area (Å²) in [4.78, 5) is 4.02. The van der Waals surface area contributed by atoms with Crippen molar-refractivity contribution in [2.45, 2.75) is 0 Å². The van der Waals surface area contributed by atoms with Crippen LogP contribution in [0.4, 0.5) is 5.69 Å². The molecule has 78 valence electrons. The Bertz CT molecular complexity index is 384. The Labute approximate surface area is 91.0 Å². The molecule has 2 N–H and O–H groups in total. The molecule has 0 aliphatic heterocycles. The summed E-state index contributed by atoms with van der Waals surface area (Å²) in [7, 11) is 0. The fourth-order valence-electron chi connectivity index (χ4n) is 0.874. The number of nitrogens with zero attached hydrogens (tertiary/aromatic N) is 3. The fraction of sp³-hybridized carbons (Fsp3) is 0. The summed E-state index contributed by atoms with van der Waals surface area (Å²) < 4.78 is 0. The van der Waals surface area contributed by atoms with E-state index in [1.165, 1.54) is 0 Å². The Morgan fingerprint density at radius 3 is 2.07 bits per heavy atom. The van der Waals surface area contributed by atoms with Gasteiger partial charge in [-0.25, -0.2) is 4.99 Å². The molecule has 5 nitrogen and oxygen atoms in total. The van der Waals surface area contributed by atoms with E-state index in [0.29, 0.717) is 10.7 Å². The van der Waals surface area contributed by atoms with Gasteiger partial charge >= 0.3 is 0 Å². The second kappa shape index (κ2) is 5.77. The summed E-state index contributed by atoms with van der Waals surface area (Å²) in [6, 6.07) is 6.70. The van der Waals surface area contributed by atoms with Gasteiger partial charge in [-0.1, -0.05) is 21.9 Å². The molecule has 0 radical (unpaired) electrons. The van der Waals surface area contributed by atoms with Crippen molar-refractivity contribution in [2.75, 3.05) is 0 Å². The zero-order valence-corrected chi connectivity index (χ0v) is 8.33. The number of benzene rings is 1. The lowest BCUT2D eigenvalue weighted by molar-refractivity contribution is 0.321. The molecule has 15 heavy (non-hydrogen) atoms. The van der Waals surface area contributed by atoms with Gasteiger partial charge in [0.2, 0.25) is 0 Å². The third kappa shape index (κ3) is 3.78. The molecule has 1 aromatic rings. The topological polar surface area (TPSA) is 77.5 Å².